The summed E-state index contributed by atoms with van der Waals surface area (Å²) in [6, 6.07) is 11.3. The second-order valence-corrected chi connectivity index (χ2v) is 8.20. The van der Waals surface area contributed by atoms with E-state index in [0.717, 1.165) is 24.3 Å². The van der Waals surface area contributed by atoms with Gasteiger partial charge in [-0.1, -0.05) is 12.1 Å². The maximum atomic E-state index is 13.2. The van der Waals surface area contributed by atoms with E-state index in [-0.39, 0.29) is 11.7 Å². The van der Waals surface area contributed by atoms with Crippen molar-refractivity contribution in [3.05, 3.63) is 58.6 Å². The molecule has 2 aromatic carbocycles. The van der Waals surface area contributed by atoms with Gasteiger partial charge >= 0.3 is 0 Å². The molecule has 0 saturated carbocycles. The van der Waals surface area contributed by atoms with Gasteiger partial charge in [0.05, 0.1) is 27.4 Å². The van der Waals surface area contributed by atoms with Crippen LogP contribution in [0, 0.1) is 0 Å². The van der Waals surface area contributed by atoms with Gasteiger partial charge in [-0.3, -0.25) is 4.79 Å². The Morgan fingerprint density at radius 2 is 1.79 bits per heavy atom. The highest BCUT2D eigenvalue weighted by Gasteiger charge is 2.27. The number of benzene rings is 2. The smallest absolute Gasteiger partial charge is 0.266 e. The van der Waals surface area contributed by atoms with E-state index < -0.39 is 6.10 Å². The molecule has 0 N–H and O–H groups in total. The van der Waals surface area contributed by atoms with Crippen LogP contribution in [0.1, 0.15) is 22.4 Å². The van der Waals surface area contributed by atoms with Crippen LogP contribution in [-0.2, 0) is 9.47 Å². The number of hydrogen-bond donors (Lipinski definition) is 0. The van der Waals surface area contributed by atoms with Crippen LogP contribution in [0.15, 0.2) is 51.6 Å². The Balaban J connectivity index is 1.60. The zero-order chi connectivity index (χ0) is 23.4. The van der Waals surface area contributed by atoms with E-state index in [1.54, 1.807) is 26.4 Å². The molecule has 1 aliphatic rings. The summed E-state index contributed by atoms with van der Waals surface area (Å²) >= 11 is 3.45. The second-order valence-electron chi connectivity index (χ2n) is 7.41. The zero-order valence-corrected chi connectivity index (χ0v) is 20.3. The van der Waals surface area contributed by atoms with Gasteiger partial charge in [-0.15, -0.1) is 0 Å². The minimum Gasteiger partial charge on any atom is -0.495 e. The lowest BCUT2D eigenvalue weighted by Crippen LogP contribution is -2.36. The maximum Gasteiger partial charge on any atom is 0.266 e. The summed E-state index contributed by atoms with van der Waals surface area (Å²) in [4.78, 5) is 19.9. The molecule has 33 heavy (non-hydrogen) atoms. The molecule has 1 unspecified atom stereocenters. The van der Waals surface area contributed by atoms with Crippen LogP contribution in [0.5, 0.6) is 11.5 Å². The van der Waals surface area contributed by atoms with Gasteiger partial charge in [0.15, 0.2) is 6.10 Å². The van der Waals surface area contributed by atoms with Crippen molar-refractivity contribution in [2.24, 2.45) is 0 Å². The lowest BCUT2D eigenvalue weighted by molar-refractivity contribution is 0.0569. The van der Waals surface area contributed by atoms with E-state index in [0.29, 0.717) is 40.4 Å². The molecular weight excluding hydrogens is 492 g/mol. The topological polar surface area (TPSA) is 83.3 Å². The third kappa shape index (κ3) is 4.90. The molecule has 4 rings (SSSR count). The number of morpholine rings is 1. The number of carbonyl (C=O) groups excluding carboxylic acids is 1. The highest BCUT2D eigenvalue weighted by atomic mass is 79.9. The van der Waals surface area contributed by atoms with E-state index in [1.165, 1.54) is 13.4 Å². The highest BCUT2D eigenvalue weighted by Crippen LogP contribution is 2.39. The highest BCUT2D eigenvalue weighted by molar-refractivity contribution is 9.10. The summed E-state index contributed by atoms with van der Waals surface area (Å²) in [5, 5.41) is 0. The molecule has 8 nitrogen and oxygen atoms in total. The molecule has 174 valence electrons. The number of rotatable bonds is 8. The molecule has 0 spiro atoms. The molecular formula is C24H25BrN2O6. The minimum atomic E-state index is -0.841. The van der Waals surface area contributed by atoms with Crippen molar-refractivity contribution in [1.29, 1.82) is 0 Å². The van der Waals surface area contributed by atoms with Gasteiger partial charge < -0.3 is 28.3 Å². The molecule has 2 heterocycles. The van der Waals surface area contributed by atoms with Gasteiger partial charge in [-0.05, 0) is 45.8 Å². The second kappa shape index (κ2) is 10.4. The van der Waals surface area contributed by atoms with E-state index >= 15 is 0 Å². The molecule has 1 atom stereocenters. The first-order valence-electron chi connectivity index (χ1n) is 10.4. The molecule has 0 amide bonds. The van der Waals surface area contributed by atoms with Gasteiger partial charge in [0.25, 0.3) is 11.7 Å². The Bertz CT molecular complexity index is 1100. The molecule has 1 fully saturated rings. The molecule has 9 heteroatoms. The molecule has 0 radical (unpaired) electrons. The normalized spacial score (nSPS) is 14.7. The van der Waals surface area contributed by atoms with Crippen molar-refractivity contribution < 1.29 is 28.2 Å². The summed E-state index contributed by atoms with van der Waals surface area (Å²) in [7, 11) is 4.63. The summed E-state index contributed by atoms with van der Waals surface area (Å²) in [5.74, 6) is 0.762. The Kier molecular flexibility index (Phi) is 7.32. The monoisotopic (exact) mass is 516 g/mol. The van der Waals surface area contributed by atoms with E-state index in [4.69, 9.17) is 23.4 Å². The lowest BCUT2D eigenvalue weighted by Gasteiger charge is -2.29. The largest absolute Gasteiger partial charge is 0.495 e. The fraction of sp³-hybridized carbons (Fsp3) is 0.333. The summed E-state index contributed by atoms with van der Waals surface area (Å²) in [5.41, 5.74) is 2.93. The van der Waals surface area contributed by atoms with Crippen molar-refractivity contribution in [3.8, 4) is 22.8 Å². The van der Waals surface area contributed by atoms with Crippen molar-refractivity contribution >= 4 is 27.4 Å². The zero-order valence-electron chi connectivity index (χ0n) is 18.7. The predicted octanol–water partition coefficient (Wildman–Crippen LogP) is 4.53. The molecule has 0 aliphatic carbocycles. The number of ketones is 1. The quantitative estimate of drug-likeness (QED) is 0.404. The molecule has 1 aliphatic heterocycles. The molecule has 0 bridgehead atoms. The van der Waals surface area contributed by atoms with Crippen LogP contribution in [0.4, 0.5) is 5.69 Å². The van der Waals surface area contributed by atoms with Crippen molar-refractivity contribution in [2.45, 2.75) is 6.10 Å². The van der Waals surface area contributed by atoms with Gasteiger partial charge in [0.1, 0.15) is 27.9 Å². The number of nitrogens with zero attached hydrogens (tertiary/aromatic N) is 2. The Morgan fingerprint density at radius 3 is 2.42 bits per heavy atom. The fourth-order valence-corrected chi connectivity index (χ4v) is 4.30. The van der Waals surface area contributed by atoms with Crippen LogP contribution in [0.25, 0.3) is 11.3 Å². The van der Waals surface area contributed by atoms with Crippen LogP contribution in [0.2, 0.25) is 0 Å². The third-order valence-electron chi connectivity index (χ3n) is 5.48. The first-order valence-corrected chi connectivity index (χ1v) is 11.2. The summed E-state index contributed by atoms with van der Waals surface area (Å²) in [6.45, 7) is 2.97. The fourth-order valence-electron chi connectivity index (χ4n) is 3.75. The average Bonchev–Trinajstić information content (AvgIpc) is 3.36. The van der Waals surface area contributed by atoms with Gasteiger partial charge in [-0.2, -0.15) is 0 Å². The van der Waals surface area contributed by atoms with E-state index in [1.807, 2.05) is 24.3 Å². The number of halogens is 1. The van der Waals surface area contributed by atoms with Crippen molar-refractivity contribution in [1.82, 2.24) is 4.98 Å². The lowest BCUT2D eigenvalue weighted by atomic mass is 10.0. The number of Topliss-reactive ketones (excluding diaryl/α,β-unsaturated/α-hetero) is 1. The Labute approximate surface area is 200 Å². The Hall–Kier alpha value is -2.88. The number of carbonyl (C=O) groups is 1. The summed E-state index contributed by atoms with van der Waals surface area (Å²) < 4.78 is 28.0. The van der Waals surface area contributed by atoms with Crippen molar-refractivity contribution in [2.75, 3.05) is 52.5 Å². The number of hydrogen-bond acceptors (Lipinski definition) is 8. The number of aromatic nitrogens is 1. The van der Waals surface area contributed by atoms with Crippen LogP contribution >= 0.6 is 15.9 Å². The van der Waals surface area contributed by atoms with Gasteiger partial charge in [-0.25, -0.2) is 4.98 Å². The van der Waals surface area contributed by atoms with Gasteiger partial charge in [0, 0.05) is 31.5 Å². The van der Waals surface area contributed by atoms with E-state index in [2.05, 4.69) is 25.8 Å². The standard InChI is InChI=1S/C24H25BrN2O6/c1-29-19-12-16(13-20(30-2)21(19)25)18-14-33-24(26-18)22(28)23(31-3)15-5-4-6-17(11-15)27-7-9-32-10-8-27/h4-6,11-14,23H,7-10H2,1-3H3. The predicted molar refractivity (Wildman–Crippen MR) is 126 cm³/mol. The van der Waals surface area contributed by atoms with Crippen LogP contribution < -0.4 is 14.4 Å². The van der Waals surface area contributed by atoms with E-state index in [9.17, 15) is 4.79 Å². The number of methoxy groups -OCH3 is 3. The average molecular weight is 517 g/mol. The maximum absolute atomic E-state index is 13.2. The first-order chi connectivity index (χ1) is 16.0. The number of ether oxygens (including phenoxy) is 4. The molecule has 1 aromatic heterocycles. The Morgan fingerprint density at radius 1 is 1.09 bits per heavy atom. The SMILES string of the molecule is COc1cc(-c2coc(C(=O)C(OC)c3cccc(N4CCOCC4)c3)n2)cc(OC)c1Br. The molecule has 3 aromatic rings. The van der Waals surface area contributed by atoms with Crippen LogP contribution in [-0.4, -0.2) is 58.4 Å². The third-order valence-corrected chi connectivity index (χ3v) is 6.26. The van der Waals surface area contributed by atoms with Gasteiger partial charge in [0.2, 0.25) is 0 Å². The van der Waals surface area contributed by atoms with Crippen LogP contribution in [0.3, 0.4) is 0 Å². The number of anilines is 1. The minimum absolute atomic E-state index is 0.0329. The number of oxazole rings is 1. The van der Waals surface area contributed by atoms with Crippen molar-refractivity contribution in [3.63, 3.8) is 0 Å². The first kappa shape index (κ1) is 23.3. The molecule has 1 saturated heterocycles. The summed E-state index contributed by atoms with van der Waals surface area (Å²) in [6.07, 6.45) is 0.596.